The third-order valence-corrected chi connectivity index (χ3v) is 3.46. The second-order valence-corrected chi connectivity index (χ2v) is 4.98. The number of carboxylic acids is 1. The van der Waals surface area contributed by atoms with Crippen molar-refractivity contribution in [2.45, 2.75) is 6.42 Å². The van der Waals surface area contributed by atoms with Gasteiger partial charge in [-0.15, -0.1) is 0 Å². The van der Waals surface area contributed by atoms with E-state index >= 15 is 0 Å². The molecule has 0 saturated carbocycles. The number of carboxylic acid groups (broad SMARTS) is 1. The lowest BCUT2D eigenvalue weighted by atomic mass is 9.98. The molecular formula is C18H13NO4. The second kappa shape index (κ2) is 6.27. The standard InChI is InChI=1S/C18H13NO4/c20-16(14-3-1-2-4-15(14)18(21)22)11-12-5-7-13(8-6-12)17-19-9-10-23-17/h1-10H,11H2,(H,21,22). The van der Waals surface area contributed by atoms with Crippen LogP contribution in [0, 0.1) is 0 Å². The van der Waals surface area contributed by atoms with Crippen molar-refractivity contribution in [2.75, 3.05) is 0 Å². The molecule has 0 atom stereocenters. The Hall–Kier alpha value is -3.21. The van der Waals surface area contributed by atoms with E-state index in [0.29, 0.717) is 5.89 Å². The Morgan fingerprint density at radius 1 is 1.00 bits per heavy atom. The zero-order chi connectivity index (χ0) is 16.2. The maximum atomic E-state index is 12.4. The van der Waals surface area contributed by atoms with Gasteiger partial charge in [-0.2, -0.15) is 0 Å². The van der Waals surface area contributed by atoms with Gasteiger partial charge in [0.1, 0.15) is 6.26 Å². The van der Waals surface area contributed by atoms with E-state index in [4.69, 9.17) is 9.52 Å². The van der Waals surface area contributed by atoms with Gasteiger partial charge in [-0.3, -0.25) is 4.79 Å². The van der Waals surface area contributed by atoms with Crippen molar-refractivity contribution in [1.29, 1.82) is 0 Å². The Kier molecular flexibility index (Phi) is 4.01. The molecule has 0 spiro atoms. The molecule has 0 fully saturated rings. The summed E-state index contributed by atoms with van der Waals surface area (Å²) in [5, 5.41) is 9.15. The Bertz CT molecular complexity index is 836. The molecule has 1 aromatic heterocycles. The number of aromatic nitrogens is 1. The quantitative estimate of drug-likeness (QED) is 0.730. The fraction of sp³-hybridized carbons (Fsp3) is 0.0556. The normalized spacial score (nSPS) is 10.4. The third kappa shape index (κ3) is 3.18. The van der Waals surface area contributed by atoms with Gasteiger partial charge in [0.25, 0.3) is 0 Å². The summed E-state index contributed by atoms with van der Waals surface area (Å²) in [6, 6.07) is 13.5. The number of hydrogen-bond donors (Lipinski definition) is 1. The van der Waals surface area contributed by atoms with Crippen LogP contribution < -0.4 is 0 Å². The summed E-state index contributed by atoms with van der Waals surface area (Å²) in [5.74, 6) is -0.820. The van der Waals surface area contributed by atoms with Gasteiger partial charge in [0.2, 0.25) is 5.89 Å². The van der Waals surface area contributed by atoms with E-state index < -0.39 is 5.97 Å². The van der Waals surface area contributed by atoms with Crippen LogP contribution in [-0.2, 0) is 6.42 Å². The first-order valence-electron chi connectivity index (χ1n) is 6.99. The number of benzene rings is 2. The molecule has 23 heavy (non-hydrogen) atoms. The molecule has 0 aliphatic heterocycles. The minimum Gasteiger partial charge on any atom is -0.478 e. The van der Waals surface area contributed by atoms with Crippen molar-refractivity contribution in [3.05, 3.63) is 77.7 Å². The van der Waals surface area contributed by atoms with Gasteiger partial charge in [-0.25, -0.2) is 9.78 Å². The van der Waals surface area contributed by atoms with Gasteiger partial charge in [-0.05, 0) is 23.8 Å². The van der Waals surface area contributed by atoms with Crippen LogP contribution in [0.2, 0.25) is 0 Å². The summed E-state index contributed by atoms with van der Waals surface area (Å²) >= 11 is 0. The van der Waals surface area contributed by atoms with Gasteiger partial charge < -0.3 is 9.52 Å². The molecule has 3 rings (SSSR count). The van der Waals surface area contributed by atoms with Gasteiger partial charge >= 0.3 is 5.97 Å². The minimum absolute atomic E-state index is 0.0221. The molecule has 0 unspecified atom stereocenters. The highest BCUT2D eigenvalue weighted by Crippen LogP contribution is 2.19. The fourth-order valence-corrected chi connectivity index (χ4v) is 2.32. The SMILES string of the molecule is O=C(O)c1ccccc1C(=O)Cc1ccc(-c2ncco2)cc1. The number of ketones is 1. The van der Waals surface area contributed by atoms with Crippen molar-refractivity contribution >= 4 is 11.8 Å². The first-order valence-corrected chi connectivity index (χ1v) is 6.99. The predicted octanol–water partition coefficient (Wildman–Crippen LogP) is 3.47. The third-order valence-electron chi connectivity index (χ3n) is 3.46. The summed E-state index contributed by atoms with van der Waals surface area (Å²) in [5.41, 5.74) is 1.85. The number of carbonyl (C=O) groups is 2. The lowest BCUT2D eigenvalue weighted by Gasteiger charge is -2.05. The van der Waals surface area contributed by atoms with E-state index in [1.165, 1.54) is 18.4 Å². The lowest BCUT2D eigenvalue weighted by molar-refractivity contribution is 0.0692. The number of oxazole rings is 1. The van der Waals surface area contributed by atoms with Gasteiger partial charge in [0.15, 0.2) is 5.78 Å². The van der Waals surface area contributed by atoms with Crippen LogP contribution >= 0.6 is 0 Å². The van der Waals surface area contributed by atoms with Crippen LogP contribution in [0.15, 0.2) is 65.4 Å². The molecule has 1 heterocycles. The molecule has 0 bridgehead atoms. The highest BCUT2D eigenvalue weighted by molar-refractivity contribution is 6.06. The molecule has 0 radical (unpaired) electrons. The fourth-order valence-electron chi connectivity index (χ4n) is 2.32. The lowest BCUT2D eigenvalue weighted by Crippen LogP contribution is -2.10. The first-order chi connectivity index (χ1) is 11.1. The molecule has 0 saturated heterocycles. The zero-order valence-electron chi connectivity index (χ0n) is 12.1. The zero-order valence-corrected chi connectivity index (χ0v) is 12.1. The first kappa shape index (κ1) is 14.7. The molecule has 0 amide bonds. The molecule has 5 heteroatoms. The smallest absolute Gasteiger partial charge is 0.336 e. The van der Waals surface area contributed by atoms with Crippen LogP contribution in [-0.4, -0.2) is 21.8 Å². The summed E-state index contributed by atoms with van der Waals surface area (Å²) in [7, 11) is 0. The molecule has 5 nitrogen and oxygen atoms in total. The van der Waals surface area contributed by atoms with Crippen LogP contribution in [0.1, 0.15) is 26.3 Å². The largest absolute Gasteiger partial charge is 0.478 e. The van der Waals surface area contributed by atoms with E-state index in [1.54, 1.807) is 30.5 Å². The Labute approximate surface area is 132 Å². The number of hydrogen-bond acceptors (Lipinski definition) is 4. The number of Topliss-reactive ketones (excluding diaryl/α,β-unsaturated/α-hetero) is 1. The highest BCUT2D eigenvalue weighted by atomic mass is 16.4. The maximum Gasteiger partial charge on any atom is 0.336 e. The number of nitrogens with zero attached hydrogens (tertiary/aromatic N) is 1. The van der Waals surface area contributed by atoms with Crippen LogP contribution in [0.3, 0.4) is 0 Å². The van der Waals surface area contributed by atoms with Crippen molar-refractivity contribution in [1.82, 2.24) is 4.98 Å². The number of rotatable bonds is 5. The van der Waals surface area contributed by atoms with Crippen molar-refractivity contribution in [3.63, 3.8) is 0 Å². The minimum atomic E-state index is -1.10. The molecule has 3 aromatic rings. The Morgan fingerprint density at radius 2 is 1.70 bits per heavy atom. The Morgan fingerprint density at radius 3 is 2.30 bits per heavy atom. The molecule has 0 aliphatic rings. The molecular weight excluding hydrogens is 294 g/mol. The summed E-state index contributed by atoms with van der Waals surface area (Å²) < 4.78 is 5.21. The average molecular weight is 307 g/mol. The van der Waals surface area contributed by atoms with E-state index in [-0.39, 0.29) is 23.3 Å². The van der Waals surface area contributed by atoms with Crippen molar-refractivity contribution in [2.24, 2.45) is 0 Å². The van der Waals surface area contributed by atoms with Crippen molar-refractivity contribution in [3.8, 4) is 11.5 Å². The average Bonchev–Trinajstić information content (AvgIpc) is 3.10. The maximum absolute atomic E-state index is 12.4. The second-order valence-electron chi connectivity index (χ2n) is 4.98. The van der Waals surface area contributed by atoms with Crippen LogP contribution in [0.25, 0.3) is 11.5 Å². The molecule has 0 aliphatic carbocycles. The summed E-state index contributed by atoms with van der Waals surface area (Å²) in [6.07, 6.45) is 3.20. The monoisotopic (exact) mass is 307 g/mol. The van der Waals surface area contributed by atoms with Gasteiger partial charge in [0.05, 0.1) is 11.8 Å². The van der Waals surface area contributed by atoms with Gasteiger partial charge in [0, 0.05) is 17.5 Å². The topological polar surface area (TPSA) is 80.4 Å². The van der Waals surface area contributed by atoms with Crippen LogP contribution in [0.5, 0.6) is 0 Å². The number of aromatic carboxylic acids is 1. The predicted molar refractivity (Wildman–Crippen MR) is 83.4 cm³/mol. The summed E-state index contributed by atoms with van der Waals surface area (Å²) in [4.78, 5) is 27.6. The van der Waals surface area contributed by atoms with Crippen LogP contribution in [0.4, 0.5) is 0 Å². The van der Waals surface area contributed by atoms with E-state index in [0.717, 1.165) is 11.1 Å². The van der Waals surface area contributed by atoms with E-state index in [1.807, 2.05) is 12.1 Å². The highest BCUT2D eigenvalue weighted by Gasteiger charge is 2.16. The molecule has 114 valence electrons. The molecule has 1 N–H and O–H groups in total. The summed E-state index contributed by atoms with van der Waals surface area (Å²) in [6.45, 7) is 0. The van der Waals surface area contributed by atoms with E-state index in [2.05, 4.69) is 4.98 Å². The molecule has 2 aromatic carbocycles. The Balaban J connectivity index is 1.80. The van der Waals surface area contributed by atoms with Crippen molar-refractivity contribution < 1.29 is 19.1 Å². The number of carbonyl (C=O) groups excluding carboxylic acids is 1. The van der Waals surface area contributed by atoms with E-state index in [9.17, 15) is 9.59 Å². The van der Waals surface area contributed by atoms with Gasteiger partial charge in [-0.1, -0.05) is 30.3 Å².